The van der Waals surface area contributed by atoms with Crippen LogP contribution in [0.15, 0.2) is 42.7 Å². The van der Waals surface area contributed by atoms with Crippen molar-refractivity contribution in [1.29, 1.82) is 0 Å². The van der Waals surface area contributed by atoms with Gasteiger partial charge in [-0.3, -0.25) is 0 Å². The fourth-order valence-corrected chi connectivity index (χ4v) is 5.33. The lowest BCUT2D eigenvalue weighted by molar-refractivity contribution is 0.153. The predicted molar refractivity (Wildman–Crippen MR) is 122 cm³/mol. The minimum absolute atomic E-state index is 0.0799. The Hall–Kier alpha value is -2.67. The Labute approximate surface area is 184 Å². The Bertz CT molecular complexity index is 905. The molecule has 0 saturated carbocycles. The number of anilines is 1. The average Bonchev–Trinajstić information content (AvgIpc) is 3.08. The van der Waals surface area contributed by atoms with Gasteiger partial charge in [0.1, 0.15) is 0 Å². The van der Waals surface area contributed by atoms with Crippen LogP contribution in [0, 0.1) is 5.92 Å². The summed E-state index contributed by atoms with van der Waals surface area (Å²) in [6.07, 6.45) is 6.99. The van der Waals surface area contributed by atoms with Crippen molar-refractivity contribution in [2.24, 2.45) is 5.92 Å². The van der Waals surface area contributed by atoms with Crippen LogP contribution in [0.2, 0.25) is 0 Å². The van der Waals surface area contributed by atoms with E-state index in [9.17, 15) is 4.79 Å². The van der Waals surface area contributed by atoms with Gasteiger partial charge in [-0.1, -0.05) is 12.1 Å². The fourth-order valence-electron chi connectivity index (χ4n) is 5.33. The van der Waals surface area contributed by atoms with Gasteiger partial charge in [0.05, 0.1) is 0 Å². The van der Waals surface area contributed by atoms with Crippen LogP contribution in [0.5, 0.6) is 0 Å². The van der Waals surface area contributed by atoms with Crippen molar-refractivity contribution in [1.82, 2.24) is 25.1 Å². The highest BCUT2D eigenvalue weighted by Gasteiger charge is 2.41. The summed E-state index contributed by atoms with van der Waals surface area (Å²) in [6.45, 7) is 8.88. The van der Waals surface area contributed by atoms with Gasteiger partial charge in [0.15, 0.2) is 5.82 Å². The van der Waals surface area contributed by atoms with Crippen molar-refractivity contribution in [3.05, 3.63) is 42.7 Å². The van der Waals surface area contributed by atoms with Crippen molar-refractivity contribution >= 4 is 11.7 Å². The number of hydrogen-bond acceptors (Lipinski definition) is 5. The van der Waals surface area contributed by atoms with E-state index >= 15 is 0 Å². The number of carbonyl (C=O) groups is 1. The van der Waals surface area contributed by atoms with Gasteiger partial charge < -0.3 is 20.0 Å². The average molecular weight is 421 g/mol. The lowest BCUT2D eigenvalue weighted by atomic mass is 9.79. The number of benzene rings is 1. The van der Waals surface area contributed by atoms with E-state index in [-0.39, 0.29) is 11.6 Å². The molecule has 4 aliphatic heterocycles. The van der Waals surface area contributed by atoms with E-state index in [0.717, 1.165) is 56.2 Å². The molecule has 2 bridgehead atoms. The number of piperazine rings is 1. The zero-order valence-electron chi connectivity index (χ0n) is 18.3. The number of aromatic nitrogens is 2. The molecule has 2 amide bonds. The molecule has 1 aromatic heterocycles. The van der Waals surface area contributed by atoms with Crippen LogP contribution in [-0.2, 0) is 0 Å². The number of nitrogens with zero attached hydrogens (tertiary/aromatic N) is 5. The Balaban J connectivity index is 1.20. The van der Waals surface area contributed by atoms with E-state index in [1.54, 1.807) is 12.4 Å². The molecule has 1 aromatic carbocycles. The Kier molecular flexibility index (Phi) is 5.52. The highest BCUT2D eigenvalue weighted by molar-refractivity contribution is 5.75. The molecule has 4 saturated heterocycles. The minimum Gasteiger partial charge on any atom is -0.368 e. The smallest absolute Gasteiger partial charge is 0.317 e. The van der Waals surface area contributed by atoms with Crippen molar-refractivity contribution in [3.63, 3.8) is 0 Å². The summed E-state index contributed by atoms with van der Waals surface area (Å²) >= 11 is 0. The standard InChI is InChI=1S/C24H32N6O/c1-24(8-13-28-11-6-20(24)7-12-28)27-23(31)30-16-14-29(15-17-30)21-5-2-4-19(18-21)22-25-9-3-10-26-22/h2-5,9-10,18,20H,6-8,11-17H2,1H3,(H,27,31). The van der Waals surface area contributed by atoms with Crippen molar-refractivity contribution in [2.75, 3.05) is 50.7 Å². The van der Waals surface area contributed by atoms with Gasteiger partial charge in [0.25, 0.3) is 0 Å². The van der Waals surface area contributed by atoms with Crippen LogP contribution in [0.25, 0.3) is 11.4 Å². The lowest BCUT2D eigenvalue weighted by Gasteiger charge is -2.41. The molecule has 0 aliphatic carbocycles. The van der Waals surface area contributed by atoms with E-state index in [1.807, 2.05) is 17.0 Å². The monoisotopic (exact) mass is 420 g/mol. The zero-order chi connectivity index (χ0) is 21.3. The van der Waals surface area contributed by atoms with Crippen LogP contribution in [0.1, 0.15) is 26.2 Å². The first-order valence-electron chi connectivity index (χ1n) is 11.5. The molecule has 1 atom stereocenters. The second kappa shape index (κ2) is 8.46. The van der Waals surface area contributed by atoms with Crippen LogP contribution >= 0.6 is 0 Å². The summed E-state index contributed by atoms with van der Waals surface area (Å²) < 4.78 is 0. The number of amides is 2. The normalized spacial score (nSPS) is 28.3. The van der Waals surface area contributed by atoms with Gasteiger partial charge in [-0.15, -0.1) is 0 Å². The third kappa shape index (κ3) is 4.24. The molecule has 2 aromatic rings. The van der Waals surface area contributed by atoms with Crippen molar-refractivity contribution in [3.8, 4) is 11.4 Å². The first kappa shape index (κ1) is 20.2. The summed E-state index contributed by atoms with van der Waals surface area (Å²) in [4.78, 5) is 28.7. The molecule has 7 nitrogen and oxygen atoms in total. The predicted octanol–water partition coefficient (Wildman–Crippen LogP) is 2.85. The second-order valence-electron chi connectivity index (χ2n) is 9.31. The summed E-state index contributed by atoms with van der Waals surface area (Å²) in [7, 11) is 0. The number of rotatable bonds is 3. The van der Waals surface area contributed by atoms with Crippen molar-refractivity contribution in [2.45, 2.75) is 31.7 Å². The van der Waals surface area contributed by atoms with Gasteiger partial charge >= 0.3 is 6.03 Å². The number of hydrogen-bond donors (Lipinski definition) is 1. The molecule has 4 aliphatic rings. The van der Waals surface area contributed by atoms with Gasteiger partial charge in [-0.05, 0) is 63.4 Å². The van der Waals surface area contributed by atoms with Crippen LogP contribution in [-0.4, -0.2) is 77.2 Å². The molecule has 7 heteroatoms. The van der Waals surface area contributed by atoms with Gasteiger partial charge in [-0.2, -0.15) is 0 Å². The number of nitrogens with one attached hydrogen (secondary N) is 1. The molecule has 1 unspecified atom stereocenters. The SMILES string of the molecule is CC1(NC(=O)N2CCN(c3cccc(-c4ncccn4)c3)CC2)CCN2CCC1CC2. The third-order valence-electron chi connectivity index (χ3n) is 7.43. The summed E-state index contributed by atoms with van der Waals surface area (Å²) in [5, 5.41) is 3.44. The number of urea groups is 1. The molecule has 0 radical (unpaired) electrons. The number of piperidine rings is 1. The summed E-state index contributed by atoms with van der Waals surface area (Å²) in [5.41, 5.74) is 2.10. The van der Waals surface area contributed by atoms with Crippen molar-refractivity contribution < 1.29 is 4.79 Å². The van der Waals surface area contributed by atoms with E-state index in [0.29, 0.717) is 5.92 Å². The topological polar surface area (TPSA) is 64.6 Å². The van der Waals surface area contributed by atoms with Crippen LogP contribution in [0.4, 0.5) is 10.5 Å². The molecule has 1 N–H and O–H groups in total. The highest BCUT2D eigenvalue weighted by Crippen LogP contribution is 2.35. The number of carbonyl (C=O) groups excluding carboxylic acids is 1. The Morgan fingerprint density at radius 1 is 1.00 bits per heavy atom. The fraction of sp³-hybridized carbons (Fsp3) is 0.542. The highest BCUT2D eigenvalue weighted by atomic mass is 16.2. The first-order valence-corrected chi connectivity index (χ1v) is 11.5. The molecule has 6 rings (SSSR count). The van der Waals surface area contributed by atoms with Crippen LogP contribution in [0.3, 0.4) is 0 Å². The van der Waals surface area contributed by atoms with Crippen LogP contribution < -0.4 is 10.2 Å². The maximum absolute atomic E-state index is 13.1. The number of fused-ring (bicyclic) bond motifs is 4. The van der Waals surface area contributed by atoms with Gasteiger partial charge in [-0.25, -0.2) is 14.8 Å². The summed E-state index contributed by atoms with van der Waals surface area (Å²) in [6, 6.07) is 10.3. The van der Waals surface area contributed by atoms with E-state index in [1.165, 1.54) is 25.9 Å². The maximum atomic E-state index is 13.1. The van der Waals surface area contributed by atoms with Gasteiger partial charge in [0, 0.05) is 61.9 Å². The molecule has 5 heterocycles. The largest absolute Gasteiger partial charge is 0.368 e. The quantitative estimate of drug-likeness (QED) is 0.827. The molecule has 4 fully saturated rings. The molecule has 0 spiro atoms. The molecule has 164 valence electrons. The Morgan fingerprint density at radius 3 is 2.48 bits per heavy atom. The summed E-state index contributed by atoms with van der Waals surface area (Å²) in [5.74, 6) is 1.34. The van der Waals surface area contributed by atoms with E-state index in [2.05, 4.69) is 50.2 Å². The third-order valence-corrected chi connectivity index (χ3v) is 7.43. The van der Waals surface area contributed by atoms with E-state index in [4.69, 9.17) is 0 Å². The lowest BCUT2D eigenvalue weighted by Crippen LogP contribution is -2.58. The molecule has 31 heavy (non-hydrogen) atoms. The first-order chi connectivity index (χ1) is 15.1. The van der Waals surface area contributed by atoms with Gasteiger partial charge in [0.2, 0.25) is 0 Å². The van der Waals surface area contributed by atoms with E-state index < -0.39 is 0 Å². The molecular formula is C24H32N6O. The Morgan fingerprint density at radius 2 is 1.74 bits per heavy atom. The second-order valence-corrected chi connectivity index (χ2v) is 9.31. The zero-order valence-corrected chi connectivity index (χ0v) is 18.3. The maximum Gasteiger partial charge on any atom is 0.317 e. The molecular weight excluding hydrogens is 388 g/mol. The minimum atomic E-state index is -0.0799.